The topological polar surface area (TPSA) is 21.3 Å². The zero-order valence-corrected chi connectivity index (χ0v) is 11.1. The zero-order chi connectivity index (χ0) is 12.7. The third-order valence-electron chi connectivity index (χ3n) is 2.50. The lowest BCUT2D eigenvalue weighted by Crippen LogP contribution is -2.15. The van der Waals surface area contributed by atoms with Crippen molar-refractivity contribution >= 4 is 11.6 Å². The minimum Gasteiger partial charge on any atom is -0.494 e. The number of benzene rings is 1. The minimum atomic E-state index is -0.318. The van der Waals surface area contributed by atoms with Gasteiger partial charge in [0.15, 0.2) is 11.6 Å². The molecule has 0 aliphatic carbocycles. The molecule has 0 heterocycles. The second-order valence-corrected chi connectivity index (χ2v) is 4.81. The summed E-state index contributed by atoms with van der Waals surface area (Å²) in [6.07, 6.45) is 2.02. The first-order valence-electron chi connectivity index (χ1n) is 5.80. The van der Waals surface area contributed by atoms with Gasteiger partial charge < -0.3 is 10.1 Å². The molecule has 0 radical (unpaired) electrons. The molecule has 1 N–H and O–H groups in total. The van der Waals surface area contributed by atoms with Crippen LogP contribution in [0.5, 0.6) is 5.75 Å². The lowest BCUT2D eigenvalue weighted by molar-refractivity contribution is 0.386. The SMILES string of the molecule is COc1ccc(CNCCCC(C)Cl)cc1F. The van der Waals surface area contributed by atoms with Crippen molar-refractivity contribution in [2.24, 2.45) is 0 Å². The molecule has 0 saturated carbocycles. The van der Waals surface area contributed by atoms with Crippen molar-refractivity contribution in [3.63, 3.8) is 0 Å². The predicted molar refractivity (Wildman–Crippen MR) is 69.2 cm³/mol. The summed E-state index contributed by atoms with van der Waals surface area (Å²) in [7, 11) is 1.46. The van der Waals surface area contributed by atoms with Gasteiger partial charge in [0, 0.05) is 11.9 Å². The van der Waals surface area contributed by atoms with Crippen LogP contribution in [0.3, 0.4) is 0 Å². The summed E-state index contributed by atoms with van der Waals surface area (Å²) in [5, 5.41) is 3.47. The van der Waals surface area contributed by atoms with Gasteiger partial charge in [-0.25, -0.2) is 4.39 Å². The van der Waals surface area contributed by atoms with E-state index in [1.54, 1.807) is 6.07 Å². The monoisotopic (exact) mass is 259 g/mol. The Hall–Kier alpha value is -0.800. The van der Waals surface area contributed by atoms with Crippen molar-refractivity contribution in [3.8, 4) is 5.75 Å². The van der Waals surface area contributed by atoms with Crippen LogP contribution < -0.4 is 10.1 Å². The smallest absolute Gasteiger partial charge is 0.165 e. The van der Waals surface area contributed by atoms with Gasteiger partial charge in [-0.2, -0.15) is 0 Å². The average molecular weight is 260 g/mol. The van der Waals surface area contributed by atoms with E-state index >= 15 is 0 Å². The van der Waals surface area contributed by atoms with E-state index in [1.807, 2.05) is 13.0 Å². The number of rotatable bonds is 7. The first-order valence-corrected chi connectivity index (χ1v) is 6.24. The number of nitrogens with one attached hydrogen (secondary N) is 1. The van der Waals surface area contributed by atoms with Gasteiger partial charge in [-0.05, 0) is 44.0 Å². The quantitative estimate of drug-likeness (QED) is 0.599. The van der Waals surface area contributed by atoms with E-state index in [4.69, 9.17) is 16.3 Å². The third-order valence-corrected chi connectivity index (χ3v) is 2.72. The second kappa shape index (κ2) is 7.51. The number of hydrogen-bond donors (Lipinski definition) is 1. The van der Waals surface area contributed by atoms with Gasteiger partial charge >= 0.3 is 0 Å². The molecule has 0 amide bonds. The fraction of sp³-hybridized carbons (Fsp3) is 0.538. The van der Waals surface area contributed by atoms with Crippen molar-refractivity contribution in [2.75, 3.05) is 13.7 Å². The molecule has 0 aliphatic heterocycles. The molecule has 0 aromatic heterocycles. The summed E-state index contributed by atoms with van der Waals surface area (Å²) in [4.78, 5) is 0. The maximum Gasteiger partial charge on any atom is 0.165 e. The summed E-state index contributed by atoms with van der Waals surface area (Å²) in [6, 6.07) is 5.00. The Balaban J connectivity index is 2.30. The van der Waals surface area contributed by atoms with Crippen LogP contribution in [0, 0.1) is 5.82 Å². The van der Waals surface area contributed by atoms with Gasteiger partial charge in [-0.1, -0.05) is 6.07 Å². The van der Waals surface area contributed by atoms with E-state index in [1.165, 1.54) is 13.2 Å². The van der Waals surface area contributed by atoms with Crippen LogP contribution in [-0.2, 0) is 6.54 Å². The molecule has 0 aliphatic rings. The van der Waals surface area contributed by atoms with Crippen molar-refractivity contribution in [3.05, 3.63) is 29.6 Å². The van der Waals surface area contributed by atoms with E-state index in [9.17, 15) is 4.39 Å². The lowest BCUT2D eigenvalue weighted by atomic mass is 10.2. The normalized spacial score (nSPS) is 12.5. The summed E-state index contributed by atoms with van der Waals surface area (Å²) in [6.45, 7) is 3.54. The first-order chi connectivity index (χ1) is 8.13. The maximum atomic E-state index is 13.4. The Morgan fingerprint density at radius 2 is 2.24 bits per heavy atom. The molecule has 17 heavy (non-hydrogen) atoms. The Kier molecular flexibility index (Phi) is 6.30. The highest BCUT2D eigenvalue weighted by atomic mass is 35.5. The Bertz CT molecular complexity index is 344. The van der Waals surface area contributed by atoms with Crippen LogP contribution in [-0.4, -0.2) is 19.0 Å². The van der Waals surface area contributed by atoms with Gasteiger partial charge in [-0.3, -0.25) is 0 Å². The highest BCUT2D eigenvalue weighted by Crippen LogP contribution is 2.17. The molecular weight excluding hydrogens is 241 g/mol. The Morgan fingerprint density at radius 3 is 2.82 bits per heavy atom. The van der Waals surface area contributed by atoms with E-state index in [2.05, 4.69) is 5.32 Å². The van der Waals surface area contributed by atoms with Gasteiger partial charge in [0.25, 0.3) is 0 Å². The number of alkyl halides is 1. The number of halogens is 2. The summed E-state index contributed by atoms with van der Waals surface area (Å²) >= 11 is 5.84. The Morgan fingerprint density at radius 1 is 1.47 bits per heavy atom. The highest BCUT2D eigenvalue weighted by molar-refractivity contribution is 6.20. The van der Waals surface area contributed by atoms with Crippen molar-refractivity contribution in [1.29, 1.82) is 0 Å². The fourth-order valence-electron chi connectivity index (χ4n) is 1.56. The van der Waals surface area contributed by atoms with E-state index in [0.29, 0.717) is 6.54 Å². The maximum absolute atomic E-state index is 13.4. The first kappa shape index (κ1) is 14.3. The van der Waals surface area contributed by atoms with Gasteiger partial charge in [0.1, 0.15) is 0 Å². The van der Waals surface area contributed by atoms with Crippen LogP contribution in [0.25, 0.3) is 0 Å². The van der Waals surface area contributed by atoms with Crippen LogP contribution in [0.2, 0.25) is 0 Å². The number of ether oxygens (including phenoxy) is 1. The van der Waals surface area contributed by atoms with Gasteiger partial charge in [-0.15, -0.1) is 11.6 Å². The average Bonchev–Trinajstić information content (AvgIpc) is 2.28. The molecule has 1 atom stereocenters. The molecule has 1 unspecified atom stereocenters. The number of hydrogen-bond acceptors (Lipinski definition) is 2. The molecule has 1 aromatic carbocycles. The molecule has 2 nitrogen and oxygen atoms in total. The second-order valence-electron chi connectivity index (χ2n) is 4.07. The van der Waals surface area contributed by atoms with Crippen molar-refractivity contribution in [1.82, 2.24) is 5.32 Å². The lowest BCUT2D eigenvalue weighted by Gasteiger charge is -2.07. The predicted octanol–water partition coefficient (Wildman–Crippen LogP) is 3.33. The molecule has 1 aromatic rings. The van der Waals surface area contributed by atoms with E-state index in [-0.39, 0.29) is 16.9 Å². The summed E-state index contributed by atoms with van der Waals surface area (Å²) in [5.74, 6) is -0.0362. The highest BCUT2D eigenvalue weighted by Gasteiger charge is 2.03. The largest absolute Gasteiger partial charge is 0.494 e. The molecule has 96 valence electrons. The molecular formula is C13H19ClFNO. The summed E-state index contributed by atoms with van der Waals surface area (Å²) < 4.78 is 18.2. The molecule has 0 fully saturated rings. The minimum absolute atomic E-state index is 0.218. The summed E-state index contributed by atoms with van der Waals surface area (Å²) in [5.41, 5.74) is 0.919. The van der Waals surface area contributed by atoms with Gasteiger partial charge in [0.05, 0.1) is 7.11 Å². The van der Waals surface area contributed by atoms with E-state index < -0.39 is 0 Å². The van der Waals surface area contributed by atoms with Crippen LogP contribution in [0.15, 0.2) is 18.2 Å². The molecule has 4 heteroatoms. The van der Waals surface area contributed by atoms with Crippen LogP contribution >= 0.6 is 11.6 Å². The molecule has 0 bridgehead atoms. The molecule has 0 saturated heterocycles. The van der Waals surface area contributed by atoms with Crippen LogP contribution in [0.4, 0.5) is 4.39 Å². The molecule has 1 rings (SSSR count). The van der Waals surface area contributed by atoms with E-state index in [0.717, 1.165) is 24.9 Å². The molecule has 0 spiro atoms. The van der Waals surface area contributed by atoms with Crippen LogP contribution in [0.1, 0.15) is 25.3 Å². The van der Waals surface area contributed by atoms with Gasteiger partial charge in [0.2, 0.25) is 0 Å². The standard InChI is InChI=1S/C13H19ClFNO/c1-10(14)4-3-7-16-9-11-5-6-13(17-2)12(15)8-11/h5-6,8,10,16H,3-4,7,9H2,1-2H3. The zero-order valence-electron chi connectivity index (χ0n) is 10.3. The third kappa shape index (κ3) is 5.37. The number of methoxy groups -OCH3 is 1. The Labute approximate surface area is 107 Å². The fourth-order valence-corrected chi connectivity index (χ4v) is 1.72. The van der Waals surface area contributed by atoms with Crippen molar-refractivity contribution < 1.29 is 9.13 Å². The van der Waals surface area contributed by atoms with Crippen molar-refractivity contribution in [2.45, 2.75) is 31.7 Å².